The number of urea groups is 1. The Bertz CT molecular complexity index is 903. The number of hydrogen-bond donors (Lipinski definition) is 3. The van der Waals surface area contributed by atoms with Gasteiger partial charge in [0.15, 0.2) is 0 Å². The van der Waals surface area contributed by atoms with Crippen LogP contribution in [0.3, 0.4) is 0 Å². The lowest BCUT2D eigenvalue weighted by atomic mass is 10.3. The first-order valence-electron chi connectivity index (χ1n) is 7.24. The molecule has 3 N–H and O–H groups in total. The zero-order chi connectivity index (χ0) is 19.5. The first-order valence-corrected chi connectivity index (χ1v) is 8.72. The molecule has 2 amide bonds. The molecular weight excluding hydrogens is 366 g/mol. The lowest BCUT2D eigenvalue weighted by Crippen LogP contribution is -2.38. The highest BCUT2D eigenvalue weighted by atomic mass is 32.2. The van der Waals surface area contributed by atoms with Gasteiger partial charge >= 0.3 is 16.2 Å². The van der Waals surface area contributed by atoms with Gasteiger partial charge in [0.25, 0.3) is 0 Å². The van der Waals surface area contributed by atoms with Gasteiger partial charge in [-0.3, -0.25) is 14.7 Å². The second-order valence-corrected chi connectivity index (χ2v) is 6.52. The van der Waals surface area contributed by atoms with Crippen LogP contribution in [0.5, 0.6) is 11.8 Å². The smallest absolute Gasteiger partial charge is 0.336 e. The van der Waals surface area contributed by atoms with E-state index in [1.165, 1.54) is 25.0 Å². The molecule has 0 aliphatic rings. The monoisotopic (exact) mass is 385 g/mol. The highest BCUT2D eigenvalue weighted by Gasteiger charge is 2.20. The number of aryl methyl sites for hydroxylation is 2. The van der Waals surface area contributed by atoms with Gasteiger partial charge in [-0.2, -0.15) is 23.5 Å². The number of rotatable bonds is 6. The molecule has 0 spiro atoms. The lowest BCUT2D eigenvalue weighted by molar-refractivity contribution is 0.256. The van der Waals surface area contributed by atoms with Gasteiger partial charge in [0.05, 0.1) is 37.4 Å². The molecule has 0 saturated carbocycles. The average Bonchev–Trinajstić information content (AvgIpc) is 2.79. The summed E-state index contributed by atoms with van der Waals surface area (Å²) in [6.45, 7) is 3.33. The molecule has 0 saturated heterocycles. The van der Waals surface area contributed by atoms with E-state index in [-0.39, 0.29) is 23.4 Å². The third kappa shape index (κ3) is 4.50. The molecule has 2 aromatic heterocycles. The predicted molar refractivity (Wildman–Crippen MR) is 92.5 cm³/mol. The number of nitrogens with zero attached hydrogens (tertiary/aromatic N) is 4. The molecule has 0 fully saturated rings. The molecule has 0 bridgehead atoms. The first kappa shape index (κ1) is 19.2. The van der Waals surface area contributed by atoms with Crippen LogP contribution in [0.2, 0.25) is 0 Å². The summed E-state index contributed by atoms with van der Waals surface area (Å²) in [5.41, 5.74) is 1.35. The van der Waals surface area contributed by atoms with Crippen molar-refractivity contribution in [2.75, 3.05) is 24.3 Å². The summed E-state index contributed by atoms with van der Waals surface area (Å²) in [5, 5.41) is 6.29. The van der Waals surface area contributed by atoms with Crippen LogP contribution in [0.15, 0.2) is 6.07 Å². The molecule has 26 heavy (non-hydrogen) atoms. The van der Waals surface area contributed by atoms with Gasteiger partial charge in [-0.1, -0.05) is 0 Å². The van der Waals surface area contributed by atoms with Gasteiger partial charge in [-0.25, -0.2) is 9.52 Å². The molecule has 0 aromatic carbocycles. The van der Waals surface area contributed by atoms with Crippen molar-refractivity contribution in [3.05, 3.63) is 17.5 Å². The van der Waals surface area contributed by atoms with Gasteiger partial charge in [0.2, 0.25) is 17.7 Å². The van der Waals surface area contributed by atoms with Crippen molar-refractivity contribution in [2.24, 2.45) is 7.05 Å². The normalized spacial score (nSPS) is 11.0. The molecule has 0 aliphatic heterocycles. The van der Waals surface area contributed by atoms with Crippen molar-refractivity contribution in [3.8, 4) is 11.8 Å². The third-order valence-electron chi connectivity index (χ3n) is 3.30. The first-order chi connectivity index (χ1) is 12.1. The van der Waals surface area contributed by atoms with Crippen LogP contribution in [-0.4, -0.2) is 48.4 Å². The van der Waals surface area contributed by atoms with Crippen molar-refractivity contribution >= 4 is 27.9 Å². The Hall–Kier alpha value is -3.09. The summed E-state index contributed by atoms with van der Waals surface area (Å²) in [7, 11) is 0.221. The molecule has 13 heteroatoms. The molecule has 12 nitrogen and oxygen atoms in total. The maximum absolute atomic E-state index is 12.2. The molecule has 0 atom stereocenters. The van der Waals surface area contributed by atoms with Crippen LogP contribution in [0.1, 0.15) is 11.4 Å². The average molecular weight is 385 g/mol. The predicted octanol–water partition coefficient (Wildman–Crippen LogP) is 0.323. The molecule has 0 radical (unpaired) electrons. The number of hydrogen-bond acceptors (Lipinski definition) is 8. The van der Waals surface area contributed by atoms with E-state index in [0.717, 1.165) is 0 Å². The zero-order valence-corrected chi connectivity index (χ0v) is 15.6. The second-order valence-electron chi connectivity index (χ2n) is 5.11. The number of carbonyl (C=O) groups excluding carboxylic acids is 1. The van der Waals surface area contributed by atoms with E-state index in [2.05, 4.69) is 25.1 Å². The van der Waals surface area contributed by atoms with E-state index in [1.54, 1.807) is 25.6 Å². The lowest BCUT2D eigenvalue weighted by Gasteiger charge is -2.11. The van der Waals surface area contributed by atoms with Gasteiger partial charge in [-0.15, -0.1) is 0 Å². The summed E-state index contributed by atoms with van der Waals surface area (Å²) < 4.78 is 39.8. The van der Waals surface area contributed by atoms with E-state index in [4.69, 9.17) is 9.47 Å². The summed E-state index contributed by atoms with van der Waals surface area (Å²) in [6, 6.07) is 0.335. The molecule has 0 unspecified atom stereocenters. The third-order valence-corrected chi connectivity index (χ3v) is 4.22. The fourth-order valence-electron chi connectivity index (χ4n) is 2.00. The van der Waals surface area contributed by atoms with Gasteiger partial charge < -0.3 is 9.47 Å². The fourth-order valence-corrected chi connectivity index (χ4v) is 2.91. The molecular formula is C13H19N7O5S. The Morgan fingerprint density at radius 3 is 2.19 bits per heavy atom. The minimum atomic E-state index is -4.20. The maximum atomic E-state index is 12.2. The fraction of sp³-hybridized carbons (Fsp3) is 0.385. The van der Waals surface area contributed by atoms with E-state index >= 15 is 0 Å². The van der Waals surface area contributed by atoms with Crippen molar-refractivity contribution in [3.63, 3.8) is 0 Å². The largest absolute Gasteiger partial charge is 0.481 e. The van der Waals surface area contributed by atoms with E-state index < -0.39 is 16.2 Å². The van der Waals surface area contributed by atoms with E-state index in [0.29, 0.717) is 11.4 Å². The Balaban J connectivity index is 2.11. The van der Waals surface area contributed by atoms with E-state index in [9.17, 15) is 13.2 Å². The Morgan fingerprint density at radius 1 is 1.15 bits per heavy atom. The molecule has 142 valence electrons. The van der Waals surface area contributed by atoms with Crippen LogP contribution in [-0.2, 0) is 17.3 Å². The summed E-state index contributed by atoms with van der Waals surface area (Å²) in [5.74, 6) is 0.0760. The zero-order valence-electron chi connectivity index (χ0n) is 14.8. The second kappa shape index (κ2) is 7.43. The number of aromatic nitrogens is 4. The minimum absolute atomic E-state index is 0.134. The Kier molecular flexibility index (Phi) is 5.50. The highest BCUT2D eigenvalue weighted by Crippen LogP contribution is 2.19. The number of carbonyl (C=O) groups is 1. The minimum Gasteiger partial charge on any atom is -0.481 e. The van der Waals surface area contributed by atoms with Crippen molar-refractivity contribution < 1.29 is 22.7 Å². The van der Waals surface area contributed by atoms with Crippen LogP contribution >= 0.6 is 0 Å². The quantitative estimate of drug-likeness (QED) is 0.643. The summed E-state index contributed by atoms with van der Waals surface area (Å²) in [6.07, 6.45) is 0. The molecule has 2 aromatic rings. The number of anilines is 2. The SMILES string of the molecule is COc1cc(OC)nc(NC(=O)NS(=O)(=O)Nc2c(C)nn(C)c2C)n1. The van der Waals surface area contributed by atoms with Crippen LogP contribution in [0, 0.1) is 13.8 Å². The summed E-state index contributed by atoms with van der Waals surface area (Å²) in [4.78, 5) is 19.7. The van der Waals surface area contributed by atoms with Crippen LogP contribution in [0.4, 0.5) is 16.4 Å². The van der Waals surface area contributed by atoms with Gasteiger partial charge in [-0.05, 0) is 13.8 Å². The molecule has 2 rings (SSSR count). The molecule has 2 heterocycles. The van der Waals surface area contributed by atoms with Crippen molar-refractivity contribution in [2.45, 2.75) is 13.8 Å². The Morgan fingerprint density at radius 2 is 1.73 bits per heavy atom. The Labute approximate surface area is 150 Å². The van der Waals surface area contributed by atoms with E-state index in [1.807, 2.05) is 0 Å². The van der Waals surface area contributed by atoms with Gasteiger partial charge in [0, 0.05) is 7.05 Å². The topological polar surface area (TPSA) is 149 Å². The van der Waals surface area contributed by atoms with Crippen LogP contribution in [0.25, 0.3) is 0 Å². The van der Waals surface area contributed by atoms with Gasteiger partial charge in [0.1, 0.15) is 0 Å². The number of methoxy groups -OCH3 is 2. The highest BCUT2D eigenvalue weighted by molar-refractivity contribution is 7.91. The van der Waals surface area contributed by atoms with Crippen molar-refractivity contribution in [1.29, 1.82) is 0 Å². The van der Waals surface area contributed by atoms with Crippen molar-refractivity contribution in [1.82, 2.24) is 24.5 Å². The molecule has 0 aliphatic carbocycles. The number of ether oxygens (including phenoxy) is 2. The number of nitrogens with one attached hydrogen (secondary N) is 3. The summed E-state index contributed by atoms with van der Waals surface area (Å²) >= 11 is 0. The number of amides is 2. The maximum Gasteiger partial charge on any atom is 0.336 e. The van der Waals surface area contributed by atoms with Crippen LogP contribution < -0.4 is 24.2 Å². The standard InChI is InChI=1S/C13H19N7O5S/c1-7-11(8(2)20(3)17-7)18-26(22,23)19-13(21)16-12-14-9(24-4)6-10(15-12)25-5/h6,18H,1-5H3,(H2,14,15,16,19,21).